The summed E-state index contributed by atoms with van der Waals surface area (Å²) in [4.78, 5) is 0. The van der Waals surface area contributed by atoms with E-state index >= 15 is 0 Å². The fraction of sp³-hybridized carbons (Fsp3) is 0.0526. The average molecular weight is 418 g/mol. The smallest absolute Gasteiger partial charge is 0.127 e. The van der Waals surface area contributed by atoms with Gasteiger partial charge in [-0.25, -0.2) is 0 Å². The molecule has 0 spiro atoms. The van der Waals surface area contributed by atoms with E-state index in [0.717, 1.165) is 5.75 Å². The maximum atomic E-state index is 5.62. The summed E-state index contributed by atoms with van der Waals surface area (Å²) in [5.74, 6) is 0.956. The highest BCUT2D eigenvalue weighted by Gasteiger charge is 2.21. The Kier molecular flexibility index (Phi) is 5.12. The van der Waals surface area contributed by atoms with Crippen LogP contribution in [0.15, 0.2) is 78.9 Å². The summed E-state index contributed by atoms with van der Waals surface area (Å²) in [5, 5.41) is 3.97. The fourth-order valence-corrected chi connectivity index (χ4v) is 5.97. The minimum absolute atomic E-state index is 0.626. The SMILES string of the molecule is COc1ccccc1P(c1ccccc1)c1ccccc1I. The van der Waals surface area contributed by atoms with Crippen molar-refractivity contribution >= 4 is 46.4 Å². The van der Waals surface area contributed by atoms with Crippen molar-refractivity contribution in [3.8, 4) is 5.75 Å². The van der Waals surface area contributed by atoms with Gasteiger partial charge in [0.2, 0.25) is 0 Å². The van der Waals surface area contributed by atoms with Crippen LogP contribution in [0.3, 0.4) is 0 Å². The summed E-state index contributed by atoms with van der Waals surface area (Å²) in [7, 11) is 1.12. The van der Waals surface area contributed by atoms with Crippen molar-refractivity contribution in [3.05, 3.63) is 82.4 Å². The first-order valence-corrected chi connectivity index (χ1v) is 9.46. The van der Waals surface area contributed by atoms with Crippen LogP contribution in [0.25, 0.3) is 0 Å². The molecule has 0 amide bonds. The molecule has 0 saturated heterocycles. The predicted molar refractivity (Wildman–Crippen MR) is 104 cm³/mol. The van der Waals surface area contributed by atoms with Crippen LogP contribution in [0.2, 0.25) is 0 Å². The number of halogens is 1. The molecule has 0 saturated carbocycles. The first kappa shape index (κ1) is 15.5. The zero-order chi connectivity index (χ0) is 15.4. The van der Waals surface area contributed by atoms with Gasteiger partial charge in [-0.05, 0) is 53.3 Å². The van der Waals surface area contributed by atoms with Gasteiger partial charge in [0.1, 0.15) is 5.75 Å². The van der Waals surface area contributed by atoms with Crippen LogP contribution in [-0.4, -0.2) is 7.11 Å². The van der Waals surface area contributed by atoms with Gasteiger partial charge < -0.3 is 4.74 Å². The molecule has 0 aliphatic rings. The van der Waals surface area contributed by atoms with E-state index in [1.807, 2.05) is 12.1 Å². The third-order valence-corrected chi connectivity index (χ3v) is 7.34. The first-order valence-electron chi connectivity index (χ1n) is 7.04. The summed E-state index contributed by atoms with van der Waals surface area (Å²) in [6.45, 7) is 0. The number of para-hydroxylation sites is 1. The molecule has 0 bridgehead atoms. The summed E-state index contributed by atoms with van der Waals surface area (Å²) in [6.07, 6.45) is 0. The molecule has 0 aromatic heterocycles. The topological polar surface area (TPSA) is 9.23 Å². The quantitative estimate of drug-likeness (QED) is 0.459. The Morgan fingerprint density at radius 2 is 1.32 bits per heavy atom. The lowest BCUT2D eigenvalue weighted by Crippen LogP contribution is -2.23. The van der Waals surface area contributed by atoms with E-state index in [1.165, 1.54) is 19.5 Å². The van der Waals surface area contributed by atoms with Gasteiger partial charge in [-0.15, -0.1) is 0 Å². The summed E-state index contributed by atoms with van der Waals surface area (Å²) >= 11 is 2.43. The number of rotatable bonds is 4. The van der Waals surface area contributed by atoms with Crippen LogP contribution in [0, 0.1) is 3.57 Å². The summed E-state index contributed by atoms with van der Waals surface area (Å²) in [5.41, 5.74) is 0. The Labute approximate surface area is 146 Å². The molecule has 0 N–H and O–H groups in total. The lowest BCUT2D eigenvalue weighted by atomic mass is 10.3. The van der Waals surface area contributed by atoms with Gasteiger partial charge in [-0.1, -0.05) is 66.7 Å². The molecule has 1 unspecified atom stereocenters. The standard InChI is InChI=1S/C19H16IOP/c1-21-17-12-6-8-14-19(17)22(15-9-3-2-4-10-15)18-13-7-5-11-16(18)20/h2-14H,1H3. The second-order valence-corrected chi connectivity index (χ2v) is 8.11. The highest BCUT2D eigenvalue weighted by atomic mass is 127. The van der Waals surface area contributed by atoms with Crippen LogP contribution >= 0.6 is 30.5 Å². The molecular formula is C19H16IOP. The van der Waals surface area contributed by atoms with E-state index in [-0.39, 0.29) is 0 Å². The fourth-order valence-electron chi connectivity index (χ4n) is 2.43. The number of benzene rings is 3. The minimum Gasteiger partial charge on any atom is -0.496 e. The van der Waals surface area contributed by atoms with E-state index in [9.17, 15) is 0 Å². The summed E-state index contributed by atoms with van der Waals surface area (Å²) < 4.78 is 6.92. The first-order chi connectivity index (χ1) is 10.8. The molecule has 3 aromatic carbocycles. The van der Waals surface area contributed by atoms with Gasteiger partial charge in [-0.3, -0.25) is 0 Å². The van der Waals surface area contributed by atoms with Crippen LogP contribution in [0.1, 0.15) is 0 Å². The third kappa shape index (κ3) is 3.18. The molecule has 22 heavy (non-hydrogen) atoms. The molecule has 0 heterocycles. The number of hydrogen-bond acceptors (Lipinski definition) is 1. The summed E-state index contributed by atoms with van der Waals surface area (Å²) in [6, 6.07) is 27.6. The molecule has 0 fully saturated rings. The molecule has 3 heteroatoms. The Hall–Kier alpha value is -1.38. The molecule has 1 atom stereocenters. The van der Waals surface area contributed by atoms with Crippen LogP contribution in [0.4, 0.5) is 0 Å². The van der Waals surface area contributed by atoms with Crippen molar-refractivity contribution in [1.29, 1.82) is 0 Å². The lowest BCUT2D eigenvalue weighted by Gasteiger charge is -2.22. The Morgan fingerprint density at radius 3 is 2.00 bits per heavy atom. The van der Waals surface area contributed by atoms with Crippen molar-refractivity contribution in [2.45, 2.75) is 0 Å². The normalized spacial score (nSPS) is 11.9. The zero-order valence-corrected chi connectivity index (χ0v) is 15.3. The van der Waals surface area contributed by atoms with Crippen molar-refractivity contribution < 1.29 is 4.74 Å². The molecule has 0 aliphatic heterocycles. The maximum absolute atomic E-state index is 5.62. The highest BCUT2D eigenvalue weighted by molar-refractivity contribution is 14.1. The molecule has 1 nitrogen and oxygen atoms in total. The van der Waals surface area contributed by atoms with Crippen LogP contribution in [-0.2, 0) is 0 Å². The van der Waals surface area contributed by atoms with E-state index in [1.54, 1.807) is 7.11 Å². The van der Waals surface area contributed by atoms with Crippen molar-refractivity contribution in [2.75, 3.05) is 7.11 Å². The maximum Gasteiger partial charge on any atom is 0.127 e. The zero-order valence-electron chi connectivity index (χ0n) is 12.2. The van der Waals surface area contributed by atoms with Gasteiger partial charge in [0.05, 0.1) is 7.11 Å². The number of hydrogen-bond donors (Lipinski definition) is 0. The lowest BCUT2D eigenvalue weighted by molar-refractivity contribution is 0.418. The van der Waals surface area contributed by atoms with E-state index < -0.39 is 7.92 Å². The highest BCUT2D eigenvalue weighted by Crippen LogP contribution is 2.37. The molecule has 0 aliphatic carbocycles. The van der Waals surface area contributed by atoms with Gasteiger partial charge in [0.25, 0.3) is 0 Å². The van der Waals surface area contributed by atoms with Crippen molar-refractivity contribution in [2.24, 2.45) is 0 Å². The van der Waals surface area contributed by atoms with Crippen molar-refractivity contribution in [3.63, 3.8) is 0 Å². The molecule has 0 radical (unpaired) electrons. The van der Waals surface area contributed by atoms with Gasteiger partial charge in [0.15, 0.2) is 0 Å². The Morgan fingerprint density at radius 1 is 0.727 bits per heavy atom. The third-order valence-electron chi connectivity index (χ3n) is 3.43. The second kappa shape index (κ2) is 7.26. The van der Waals surface area contributed by atoms with E-state index in [0.29, 0.717) is 0 Å². The molecule has 3 aromatic rings. The Balaban J connectivity index is 2.22. The second-order valence-electron chi connectivity index (χ2n) is 4.79. The van der Waals surface area contributed by atoms with Crippen molar-refractivity contribution in [1.82, 2.24) is 0 Å². The molecular weight excluding hydrogens is 402 g/mol. The van der Waals surface area contributed by atoms with Gasteiger partial charge in [-0.2, -0.15) is 0 Å². The van der Waals surface area contributed by atoms with Gasteiger partial charge in [0, 0.05) is 8.87 Å². The van der Waals surface area contributed by atoms with Crippen LogP contribution < -0.4 is 20.7 Å². The van der Waals surface area contributed by atoms with E-state index in [2.05, 4.69) is 89.3 Å². The Bertz CT molecular complexity index is 758. The minimum atomic E-state index is -0.626. The van der Waals surface area contributed by atoms with Gasteiger partial charge >= 0.3 is 0 Å². The number of methoxy groups -OCH3 is 1. The largest absolute Gasteiger partial charge is 0.496 e. The average Bonchev–Trinajstić information content (AvgIpc) is 2.58. The van der Waals surface area contributed by atoms with E-state index in [4.69, 9.17) is 4.74 Å². The van der Waals surface area contributed by atoms with Crippen LogP contribution in [0.5, 0.6) is 5.75 Å². The predicted octanol–water partition coefficient (Wildman–Crippen LogP) is 4.06. The molecule has 110 valence electrons. The monoisotopic (exact) mass is 418 g/mol. The molecule has 3 rings (SSSR count). The number of ether oxygens (including phenoxy) is 1.